The lowest BCUT2D eigenvalue weighted by Crippen LogP contribution is -2.41. The van der Waals surface area contributed by atoms with Gasteiger partial charge in [0, 0.05) is 113 Å². The SMILES string of the molecule is C/C=C/C(=O)N1CCC(Oc2ccc(/C=C/C(=O)N3CCC(Oc4ccc(/C=C/C(=O)N5CCC(Oc6cccc(-c7csnc7C)c6)CC5)c(-c5ccccc5S(C)(=O)=O)c4)CC3)c(-c3ccccc3)c2)CC1. The third-order valence-electron chi connectivity index (χ3n) is 13.9. The zero-order valence-corrected chi connectivity index (χ0v) is 43.7. The van der Waals surface area contributed by atoms with E-state index in [1.807, 2.05) is 125 Å². The van der Waals surface area contributed by atoms with Gasteiger partial charge in [-0.05, 0) is 119 Å². The molecule has 5 aromatic carbocycles. The maximum atomic E-state index is 13.7. The highest BCUT2D eigenvalue weighted by Crippen LogP contribution is 2.36. The number of piperidine rings is 3. The summed E-state index contributed by atoms with van der Waals surface area (Å²) in [5.41, 5.74) is 7.83. The predicted octanol–water partition coefficient (Wildman–Crippen LogP) is 11.0. The van der Waals surface area contributed by atoms with Gasteiger partial charge in [0.25, 0.3) is 0 Å². The molecule has 3 fully saturated rings. The lowest BCUT2D eigenvalue weighted by Gasteiger charge is -2.32. The van der Waals surface area contributed by atoms with Crippen molar-refractivity contribution in [2.45, 2.75) is 75.6 Å². The highest BCUT2D eigenvalue weighted by molar-refractivity contribution is 7.90. The first-order valence-corrected chi connectivity index (χ1v) is 28.1. The number of carbonyl (C=O) groups is 3. The Morgan fingerprint density at radius 2 is 1.01 bits per heavy atom. The summed E-state index contributed by atoms with van der Waals surface area (Å²) in [7, 11) is -3.61. The molecule has 9 rings (SSSR count). The maximum absolute atomic E-state index is 13.7. The lowest BCUT2D eigenvalue weighted by atomic mass is 9.98. The van der Waals surface area contributed by atoms with Crippen LogP contribution < -0.4 is 14.2 Å². The van der Waals surface area contributed by atoms with E-state index >= 15 is 0 Å². The van der Waals surface area contributed by atoms with Crippen molar-refractivity contribution in [2.24, 2.45) is 0 Å². The molecule has 1 aromatic heterocycles. The van der Waals surface area contributed by atoms with Crippen LogP contribution in [-0.2, 0) is 24.2 Å². The van der Waals surface area contributed by atoms with Crippen molar-refractivity contribution < 1.29 is 37.0 Å². The van der Waals surface area contributed by atoms with Gasteiger partial charge >= 0.3 is 0 Å². The largest absolute Gasteiger partial charge is 0.490 e. The number of carbonyl (C=O) groups excluding carboxylic acids is 3. The van der Waals surface area contributed by atoms with E-state index in [1.165, 1.54) is 17.8 Å². The molecule has 12 nitrogen and oxygen atoms in total. The van der Waals surface area contributed by atoms with Gasteiger partial charge in [-0.25, -0.2) is 8.42 Å². The Hall–Kier alpha value is -7.29. The predicted molar refractivity (Wildman–Crippen MR) is 293 cm³/mol. The van der Waals surface area contributed by atoms with Crippen LogP contribution in [0.5, 0.6) is 17.2 Å². The van der Waals surface area contributed by atoms with Gasteiger partial charge in [-0.2, -0.15) is 4.37 Å². The van der Waals surface area contributed by atoms with Crippen molar-refractivity contribution in [3.8, 4) is 50.6 Å². The molecule has 0 spiro atoms. The summed E-state index contributed by atoms with van der Waals surface area (Å²) in [6, 6.07) is 36.5. The molecule has 0 radical (unpaired) electrons. The number of aromatic nitrogens is 1. The molecule has 0 saturated carbocycles. The summed E-state index contributed by atoms with van der Waals surface area (Å²) >= 11 is 1.44. The third-order valence-corrected chi connectivity index (χ3v) is 15.8. The summed E-state index contributed by atoms with van der Waals surface area (Å²) < 4.78 is 49.9. The van der Waals surface area contributed by atoms with Gasteiger partial charge in [-0.3, -0.25) is 14.4 Å². The third kappa shape index (κ3) is 12.9. The van der Waals surface area contributed by atoms with Crippen LogP contribution in [0.4, 0.5) is 0 Å². The van der Waals surface area contributed by atoms with Crippen molar-refractivity contribution >= 4 is 51.2 Å². The number of ether oxygens (including phenoxy) is 3. The van der Waals surface area contributed by atoms with Crippen LogP contribution in [0.1, 0.15) is 62.3 Å². The molecule has 3 amide bonds. The molecule has 4 heterocycles. The molecular formula is C60H62N4O8S2. The van der Waals surface area contributed by atoms with Crippen molar-refractivity contribution in [1.29, 1.82) is 0 Å². The molecule has 0 unspecified atom stereocenters. The molecule has 6 aromatic rings. The minimum absolute atomic E-state index is 0.00244. The van der Waals surface area contributed by atoms with Crippen molar-refractivity contribution in [1.82, 2.24) is 19.1 Å². The van der Waals surface area contributed by atoms with Gasteiger partial charge in [0.05, 0.1) is 10.6 Å². The Bertz CT molecular complexity index is 3160. The normalized spacial score (nSPS) is 16.3. The first-order valence-electron chi connectivity index (χ1n) is 25.4. The van der Waals surface area contributed by atoms with E-state index < -0.39 is 9.84 Å². The number of rotatable bonds is 15. The number of aryl methyl sites for hydroxylation is 1. The van der Waals surface area contributed by atoms with Crippen LogP contribution in [0, 0.1) is 6.92 Å². The zero-order chi connectivity index (χ0) is 51.6. The molecule has 0 bridgehead atoms. The molecule has 0 N–H and O–H groups in total. The summed E-state index contributed by atoms with van der Waals surface area (Å²) in [6.45, 7) is 7.24. The van der Waals surface area contributed by atoms with Crippen LogP contribution in [0.25, 0.3) is 45.5 Å². The number of nitrogens with zero attached hydrogens (tertiary/aromatic N) is 4. The smallest absolute Gasteiger partial charge is 0.246 e. The Balaban J connectivity index is 0.824. The second kappa shape index (κ2) is 23.7. The van der Waals surface area contributed by atoms with Crippen molar-refractivity contribution in [3.05, 3.63) is 162 Å². The fourth-order valence-corrected chi connectivity index (χ4v) is 11.5. The zero-order valence-electron chi connectivity index (χ0n) is 42.1. The molecule has 0 atom stereocenters. The second-order valence-corrected chi connectivity index (χ2v) is 21.7. The highest BCUT2D eigenvalue weighted by Gasteiger charge is 2.27. The Morgan fingerprint density at radius 3 is 1.53 bits per heavy atom. The van der Waals surface area contributed by atoms with Crippen LogP contribution >= 0.6 is 11.5 Å². The maximum Gasteiger partial charge on any atom is 0.246 e. The lowest BCUT2D eigenvalue weighted by molar-refractivity contribution is -0.128. The van der Waals surface area contributed by atoms with Crippen molar-refractivity contribution in [2.75, 3.05) is 45.5 Å². The van der Waals surface area contributed by atoms with Crippen LogP contribution in [-0.4, -0.2) is 109 Å². The fourth-order valence-electron chi connectivity index (χ4n) is 9.87. The minimum atomic E-state index is -3.61. The first kappa shape index (κ1) is 51.6. The van der Waals surface area contributed by atoms with E-state index in [4.69, 9.17) is 14.2 Å². The summed E-state index contributed by atoms with van der Waals surface area (Å²) in [4.78, 5) is 45.4. The number of allylic oxidation sites excluding steroid dienone is 1. The second-order valence-electron chi connectivity index (χ2n) is 19.1. The van der Waals surface area contributed by atoms with Gasteiger partial charge in [0.2, 0.25) is 17.7 Å². The van der Waals surface area contributed by atoms with Gasteiger partial charge in [-0.15, -0.1) is 0 Å². The van der Waals surface area contributed by atoms with Crippen LogP contribution in [0.3, 0.4) is 0 Å². The monoisotopic (exact) mass is 1030 g/mol. The minimum Gasteiger partial charge on any atom is -0.490 e. The molecule has 382 valence electrons. The van der Waals surface area contributed by atoms with Crippen LogP contribution in [0.15, 0.2) is 150 Å². The molecule has 14 heteroatoms. The van der Waals surface area contributed by atoms with Gasteiger partial charge in [0.1, 0.15) is 35.6 Å². The number of amides is 3. The van der Waals surface area contributed by atoms with Gasteiger partial charge < -0.3 is 28.9 Å². The number of hydrogen-bond donors (Lipinski definition) is 0. The topological polar surface area (TPSA) is 136 Å². The van der Waals surface area contributed by atoms with E-state index in [9.17, 15) is 22.8 Å². The summed E-state index contributed by atoms with van der Waals surface area (Å²) in [6.07, 6.45) is 15.3. The molecule has 74 heavy (non-hydrogen) atoms. The van der Waals surface area contributed by atoms with Crippen molar-refractivity contribution in [3.63, 3.8) is 0 Å². The number of sulfone groups is 1. The standard InChI is InChI=1S/C60H62N4O8S2/c1-4-11-58(65)62-32-26-48(27-33-62)71-51-22-18-44(54(39-51)43-12-6-5-7-13-43)20-24-59(66)63-36-30-49(31-37-63)72-52-23-19-45(55(40-52)53-16-8-9-17-57(53)74(3,68)69)21-25-60(67)64-34-28-47(29-35-64)70-50-15-10-14-46(38-50)56-41-73-61-42(56)2/h4-25,38-41,47-49H,26-37H2,1-3H3/b11-4+,24-20+,25-21+. The Labute approximate surface area is 438 Å². The average Bonchev–Trinajstić information content (AvgIpc) is 3.86. The fraction of sp³-hybridized carbons (Fsp3) is 0.300. The molecule has 0 aliphatic carbocycles. The van der Waals surface area contributed by atoms with E-state index in [0.717, 1.165) is 57.9 Å². The number of hydrogen-bond acceptors (Lipinski definition) is 10. The Morgan fingerprint density at radius 1 is 0.541 bits per heavy atom. The quantitative estimate of drug-likeness (QED) is 0.0921. The van der Waals surface area contributed by atoms with E-state index in [-0.39, 0.29) is 40.9 Å². The highest BCUT2D eigenvalue weighted by atomic mass is 32.2. The van der Waals surface area contributed by atoms with Gasteiger partial charge in [-0.1, -0.05) is 78.9 Å². The number of likely N-dealkylation sites (tertiary alicyclic amines) is 3. The molecule has 3 aliphatic heterocycles. The van der Waals surface area contributed by atoms with E-state index in [1.54, 1.807) is 54.6 Å². The molecule has 3 saturated heterocycles. The van der Waals surface area contributed by atoms with Gasteiger partial charge in [0.15, 0.2) is 9.84 Å². The molecule has 3 aliphatic rings. The van der Waals surface area contributed by atoms with E-state index in [2.05, 4.69) is 10.4 Å². The first-order chi connectivity index (χ1) is 35.9. The summed E-state index contributed by atoms with van der Waals surface area (Å²) in [5.74, 6) is 1.92. The Kier molecular flexibility index (Phi) is 16.5. The van der Waals surface area contributed by atoms with Crippen LogP contribution in [0.2, 0.25) is 0 Å². The number of benzene rings is 5. The average molecular weight is 1030 g/mol. The molecular weight excluding hydrogens is 969 g/mol. The van der Waals surface area contributed by atoms with E-state index in [0.29, 0.717) is 87.4 Å². The summed E-state index contributed by atoms with van der Waals surface area (Å²) in [5, 5.41) is 2.04.